The Kier molecular flexibility index (Phi) is 18.8. The van der Waals surface area contributed by atoms with Gasteiger partial charge in [-0.3, -0.25) is 65.4 Å². The summed E-state index contributed by atoms with van der Waals surface area (Å²) in [7, 11) is 0. The fraction of sp³-hybridized carbons (Fsp3) is 0.194. The van der Waals surface area contributed by atoms with E-state index < -0.39 is 120 Å². The average Bonchev–Trinajstić information content (AvgIpc) is 3.26. The van der Waals surface area contributed by atoms with E-state index in [1.54, 1.807) is 30.3 Å². The lowest BCUT2D eigenvalue weighted by Crippen LogP contribution is -2.69. The van der Waals surface area contributed by atoms with E-state index in [2.05, 4.69) is 31.9 Å². The van der Waals surface area contributed by atoms with Crippen molar-refractivity contribution in [3.05, 3.63) is 77.9 Å². The highest BCUT2D eigenvalue weighted by atomic mass is 16.3. The number of anilines is 1. The second-order valence-corrected chi connectivity index (χ2v) is 13.9. The summed E-state index contributed by atoms with van der Waals surface area (Å²) in [6.07, 6.45) is -12.5. The van der Waals surface area contributed by atoms with Crippen molar-refractivity contribution >= 4 is 93.5 Å². The average molecular weight is 963 g/mol. The molecule has 0 aliphatic heterocycles. The van der Waals surface area contributed by atoms with Gasteiger partial charge in [-0.05, 0) is 28.5 Å². The Hall–Kier alpha value is -10.1. The van der Waals surface area contributed by atoms with Gasteiger partial charge in [0.1, 0.15) is 6.04 Å². The zero-order valence-corrected chi connectivity index (χ0v) is 35.6. The number of hydrogen-bond acceptors (Lipinski definition) is 15. The summed E-state index contributed by atoms with van der Waals surface area (Å²) in [6, 6.07) is 15.1. The number of benzene rings is 3. The highest BCUT2D eigenvalue weighted by molar-refractivity contribution is 6.09. The van der Waals surface area contributed by atoms with Gasteiger partial charge in [-0.15, -0.1) is 0 Å². The molecule has 368 valence electrons. The lowest BCUT2D eigenvalue weighted by molar-refractivity contribution is -0.137. The second-order valence-electron chi connectivity index (χ2n) is 13.9. The van der Waals surface area contributed by atoms with E-state index in [9.17, 15) is 43.5 Å². The van der Waals surface area contributed by atoms with E-state index in [4.69, 9.17) is 67.2 Å². The maximum atomic E-state index is 13.9. The highest BCUT2D eigenvalue weighted by Gasteiger charge is 2.35. The molecule has 3 aromatic rings. The lowest BCUT2D eigenvalue weighted by Gasteiger charge is -2.28. The number of carbonyl (C=O) groups excluding carboxylic acids is 8. The van der Waals surface area contributed by atoms with Crippen LogP contribution in [0.4, 0.5) is 5.69 Å². The number of fused-ring (bicyclic) bond motifs is 1. The van der Waals surface area contributed by atoms with Crippen molar-refractivity contribution < 1.29 is 43.5 Å². The standard InChI is InChI=1S/C36H50N24O9/c37-18(19(38)61)51-26(64)20(56-33(41)42)53-28(66)22(58-35(45)46)55-29(67)23(59-36(47)48)54-27(65)21(57-34(43)44)52-25(63)17(12-6-2-1-3-7-12)50-30(68)31(69)60-24(62)15-10-13-8-4-5-9-14(13)11-16(15)49-32(39)40/h1-11,17-18,20-23,31,69H,37H2,(H2,38,61)(H,50,68)(H,51,64)(H,52,63)(H,53,66)(H,54,65)(H,55,67)(H,60,62)(H4,39,40,49)(H4,41,42,56)(H4,43,44,57)(H4,45,46,58)(H4,47,48,59). The molecule has 0 aliphatic carbocycles. The number of amides is 8. The third-order valence-electron chi connectivity index (χ3n) is 8.60. The molecule has 33 nitrogen and oxygen atoms in total. The third kappa shape index (κ3) is 16.5. The van der Waals surface area contributed by atoms with Gasteiger partial charge in [0.25, 0.3) is 41.4 Å². The van der Waals surface area contributed by atoms with Crippen molar-refractivity contribution in [2.24, 2.45) is 40.1 Å². The fourth-order valence-corrected chi connectivity index (χ4v) is 5.61. The minimum atomic E-state index is -2.34. The van der Waals surface area contributed by atoms with E-state index in [1.165, 1.54) is 36.4 Å². The summed E-state index contributed by atoms with van der Waals surface area (Å²) in [5, 5.41) is 75.4. The maximum Gasteiger partial charge on any atom is 0.270 e. The molecule has 0 spiro atoms. The molecule has 32 N–H and O–H groups in total. The second kappa shape index (κ2) is 24.3. The number of aliphatic hydroxyl groups excluding tert-OH is 1. The Morgan fingerprint density at radius 3 is 1.25 bits per heavy atom. The quantitative estimate of drug-likeness (QED) is 0.0268. The van der Waals surface area contributed by atoms with Gasteiger partial charge in [-0.1, -0.05) is 54.6 Å². The first-order valence-corrected chi connectivity index (χ1v) is 19.3. The van der Waals surface area contributed by atoms with Gasteiger partial charge in [-0.25, -0.2) is 0 Å². The van der Waals surface area contributed by atoms with Crippen molar-refractivity contribution in [2.45, 2.75) is 43.1 Å². The van der Waals surface area contributed by atoms with Crippen LogP contribution in [-0.2, 0) is 33.6 Å². The van der Waals surface area contributed by atoms with Gasteiger partial charge < -0.3 is 109 Å². The van der Waals surface area contributed by atoms with Gasteiger partial charge in [0.2, 0.25) is 12.1 Å². The molecule has 8 amide bonds. The minimum absolute atomic E-state index is 0.0399. The number of carbonyl (C=O) groups is 8. The Morgan fingerprint density at radius 2 is 0.841 bits per heavy atom. The van der Waals surface area contributed by atoms with Crippen LogP contribution in [0.3, 0.4) is 0 Å². The van der Waals surface area contributed by atoms with E-state index in [0.29, 0.717) is 10.8 Å². The summed E-state index contributed by atoms with van der Waals surface area (Å²) < 4.78 is 0. The molecule has 3 rings (SSSR count). The molecule has 7 atom stereocenters. The minimum Gasteiger partial charge on any atom is -0.370 e. The van der Waals surface area contributed by atoms with Gasteiger partial charge in [0.05, 0.1) is 11.3 Å². The van der Waals surface area contributed by atoms with Crippen molar-refractivity contribution in [1.82, 2.24) is 58.5 Å². The Morgan fingerprint density at radius 1 is 0.449 bits per heavy atom. The van der Waals surface area contributed by atoms with Crippen LogP contribution in [0.25, 0.3) is 10.8 Å². The molecule has 0 radical (unpaired) electrons. The smallest absolute Gasteiger partial charge is 0.270 e. The normalized spacial score (nSPS) is 13.5. The summed E-state index contributed by atoms with van der Waals surface area (Å²) in [5.41, 5.74) is 37.5. The first kappa shape index (κ1) is 53.3. The number of rotatable bonds is 21. The summed E-state index contributed by atoms with van der Waals surface area (Å²) in [6.45, 7) is 0. The van der Waals surface area contributed by atoms with E-state index in [1.807, 2.05) is 31.9 Å². The molecular weight excluding hydrogens is 913 g/mol. The predicted octanol–water partition coefficient (Wildman–Crippen LogP) is -9.36. The number of nitrogens with two attached hydrogens (primary N) is 7. The number of guanidine groups is 5. The zero-order chi connectivity index (χ0) is 51.7. The summed E-state index contributed by atoms with van der Waals surface area (Å²) >= 11 is 0. The highest BCUT2D eigenvalue weighted by Crippen LogP contribution is 2.24. The van der Waals surface area contributed by atoms with Crippen molar-refractivity contribution in [3.63, 3.8) is 0 Å². The molecule has 0 bridgehead atoms. The van der Waals surface area contributed by atoms with Crippen LogP contribution < -0.4 is 104 Å². The van der Waals surface area contributed by atoms with Gasteiger partial charge in [0.15, 0.2) is 60.6 Å². The maximum absolute atomic E-state index is 13.9. The third-order valence-corrected chi connectivity index (χ3v) is 8.60. The van der Waals surface area contributed by atoms with Crippen LogP contribution in [0.15, 0.2) is 66.7 Å². The molecule has 69 heavy (non-hydrogen) atoms. The molecule has 7 unspecified atom stereocenters. The first-order chi connectivity index (χ1) is 32.4. The summed E-state index contributed by atoms with van der Waals surface area (Å²) in [5.74, 6) is -14.7. The molecule has 0 heterocycles. The molecule has 0 saturated carbocycles. The number of primary amides is 1. The fourth-order valence-electron chi connectivity index (χ4n) is 5.61. The van der Waals surface area contributed by atoms with Crippen molar-refractivity contribution in [3.8, 4) is 0 Å². The van der Waals surface area contributed by atoms with Crippen LogP contribution in [0, 0.1) is 27.0 Å². The lowest BCUT2D eigenvalue weighted by atomic mass is 10.0. The van der Waals surface area contributed by atoms with Crippen LogP contribution in [0.1, 0.15) is 22.0 Å². The summed E-state index contributed by atoms with van der Waals surface area (Å²) in [4.78, 5) is 105. The van der Waals surface area contributed by atoms with Gasteiger partial charge >= 0.3 is 0 Å². The Labute approximate surface area is 388 Å². The van der Waals surface area contributed by atoms with Crippen LogP contribution >= 0.6 is 0 Å². The van der Waals surface area contributed by atoms with Crippen LogP contribution in [0.5, 0.6) is 0 Å². The van der Waals surface area contributed by atoms with Crippen LogP contribution in [-0.4, -0.2) is 119 Å². The molecule has 3 aromatic carbocycles. The zero-order valence-electron chi connectivity index (χ0n) is 35.6. The number of aliphatic hydroxyl groups is 1. The molecule has 33 heteroatoms. The van der Waals surface area contributed by atoms with E-state index in [0.717, 1.165) is 0 Å². The SMILES string of the molecule is N=C(N)Nc1cc2ccccc2cc1C(=O)NC(O)C(=O)NC(C(=O)NC(NC(=N)N)C(=O)NC(NC(=N)N)C(=O)NC(NC(=N)N)C(=O)NC(NC(=N)N)C(=O)NC(N)C(N)=O)c1ccccc1. The topological polar surface area (TPSA) is 603 Å². The largest absolute Gasteiger partial charge is 0.370 e. The molecular formula is C36H50N24O9. The molecule has 0 fully saturated rings. The molecule has 0 aromatic heterocycles. The van der Waals surface area contributed by atoms with E-state index in [-0.39, 0.29) is 16.8 Å². The Bertz CT molecular complexity index is 2530. The van der Waals surface area contributed by atoms with Crippen molar-refractivity contribution in [2.75, 3.05) is 5.32 Å². The molecule has 0 saturated heterocycles. The van der Waals surface area contributed by atoms with E-state index >= 15 is 0 Å². The number of hydrogen-bond donors (Lipinski definition) is 25. The van der Waals surface area contributed by atoms with Gasteiger partial charge in [0, 0.05) is 0 Å². The molecule has 0 aliphatic rings. The first-order valence-electron chi connectivity index (χ1n) is 19.3. The Balaban J connectivity index is 1.86. The number of nitrogens with one attached hydrogen (secondary N) is 17. The predicted molar refractivity (Wildman–Crippen MR) is 244 cm³/mol. The van der Waals surface area contributed by atoms with Crippen molar-refractivity contribution in [1.29, 1.82) is 27.0 Å². The van der Waals surface area contributed by atoms with Gasteiger partial charge in [-0.2, -0.15) is 0 Å². The monoisotopic (exact) mass is 962 g/mol. The van der Waals surface area contributed by atoms with Crippen LogP contribution in [0.2, 0.25) is 0 Å².